The normalized spacial score (nSPS) is 13.7. The van der Waals surface area contributed by atoms with Gasteiger partial charge in [0.25, 0.3) is 10.1 Å². The van der Waals surface area contributed by atoms with Crippen molar-refractivity contribution in [3.05, 3.63) is 54.1 Å². The average molecular weight is 396 g/mol. The van der Waals surface area contributed by atoms with E-state index >= 15 is 0 Å². The number of azo groups is 1. The van der Waals surface area contributed by atoms with Crippen LogP contribution in [0.25, 0.3) is 21.7 Å². The minimum Gasteiger partial charge on any atom is -0.380 e. The van der Waals surface area contributed by atoms with Gasteiger partial charge < -0.3 is 5.32 Å². The Morgan fingerprint density at radius 3 is 2.81 bits per heavy atom. The molecule has 134 valence electrons. The quantitative estimate of drug-likeness (QED) is 0.373. The lowest BCUT2D eigenvalue weighted by molar-refractivity contribution is 0.483. The number of nitrogens with zero attached hydrogens (tertiary/aromatic N) is 3. The van der Waals surface area contributed by atoms with E-state index in [4.69, 9.17) is 0 Å². The third kappa shape index (κ3) is 2.67. The molecule has 0 unspecified atom stereocenters. The van der Waals surface area contributed by atoms with Crippen molar-refractivity contribution in [2.24, 2.45) is 10.2 Å². The molecule has 27 heavy (non-hydrogen) atoms. The highest BCUT2D eigenvalue weighted by atomic mass is 32.2. The molecule has 1 aromatic heterocycles. The number of rotatable bonds is 3. The Hall–Kier alpha value is -2.88. The number of aromatic nitrogens is 1. The minimum absolute atomic E-state index is 0.192. The summed E-state index contributed by atoms with van der Waals surface area (Å²) in [4.78, 5) is -0.192. The summed E-state index contributed by atoms with van der Waals surface area (Å²) in [6.45, 7) is 0.797. The summed E-state index contributed by atoms with van der Waals surface area (Å²) in [6.07, 6.45) is 0. The lowest BCUT2D eigenvalue weighted by Gasteiger charge is -2.03. The lowest BCUT2D eigenvalue weighted by Crippen LogP contribution is -1.96. The Morgan fingerprint density at radius 2 is 1.96 bits per heavy atom. The fourth-order valence-electron chi connectivity index (χ4n) is 3.28. The van der Waals surface area contributed by atoms with Gasteiger partial charge in [-0.1, -0.05) is 18.2 Å². The third-order valence-corrected chi connectivity index (χ3v) is 6.16. The van der Waals surface area contributed by atoms with Gasteiger partial charge in [0.2, 0.25) is 0 Å². The molecule has 0 spiro atoms. The summed E-state index contributed by atoms with van der Waals surface area (Å²) in [5, 5.41) is 15.2. The zero-order valence-corrected chi connectivity index (χ0v) is 15.4. The van der Waals surface area contributed by atoms with Gasteiger partial charge in [-0.15, -0.1) is 10.2 Å². The van der Waals surface area contributed by atoms with Crippen LogP contribution in [-0.4, -0.2) is 17.3 Å². The standard InChI is InChI=1S/C18H12N4O3S2/c23-27(24,25)11-4-5-15-13(8-11)18(26-22-15)21-20-14-6-7-16-17-10(9-19-16)2-1-3-12(14)17/h1-8,19H,9H2,(H,23,24,25). The molecule has 0 saturated carbocycles. The first-order valence-electron chi connectivity index (χ1n) is 8.08. The van der Waals surface area contributed by atoms with Crippen molar-refractivity contribution in [1.82, 2.24) is 4.37 Å². The van der Waals surface area contributed by atoms with E-state index in [1.807, 2.05) is 24.3 Å². The number of nitrogens with one attached hydrogen (secondary N) is 1. The van der Waals surface area contributed by atoms with Gasteiger partial charge in [-0.25, -0.2) is 0 Å². The van der Waals surface area contributed by atoms with E-state index in [1.54, 1.807) is 6.07 Å². The second-order valence-corrected chi connectivity index (χ2v) is 8.34. The number of fused-ring (bicyclic) bond motifs is 1. The highest BCUT2D eigenvalue weighted by molar-refractivity contribution is 7.85. The second kappa shape index (κ2) is 5.81. The molecule has 2 N–H and O–H groups in total. The number of anilines is 1. The molecule has 9 heteroatoms. The van der Waals surface area contributed by atoms with Crippen LogP contribution in [0.15, 0.2) is 63.7 Å². The molecule has 0 radical (unpaired) electrons. The van der Waals surface area contributed by atoms with Crippen LogP contribution in [0.1, 0.15) is 5.56 Å². The van der Waals surface area contributed by atoms with Crippen molar-refractivity contribution in [3.8, 4) is 0 Å². The number of hydrogen-bond donors (Lipinski definition) is 2. The van der Waals surface area contributed by atoms with Crippen molar-refractivity contribution in [1.29, 1.82) is 0 Å². The zero-order valence-electron chi connectivity index (χ0n) is 13.7. The fraction of sp³-hybridized carbons (Fsp3) is 0.0556. The maximum Gasteiger partial charge on any atom is 0.294 e. The van der Waals surface area contributed by atoms with E-state index < -0.39 is 10.1 Å². The van der Waals surface area contributed by atoms with Gasteiger partial charge in [0.15, 0.2) is 5.00 Å². The van der Waals surface area contributed by atoms with Crippen LogP contribution < -0.4 is 5.32 Å². The molecule has 3 aromatic carbocycles. The second-order valence-electron chi connectivity index (χ2n) is 6.17. The van der Waals surface area contributed by atoms with E-state index in [1.165, 1.54) is 17.7 Å². The van der Waals surface area contributed by atoms with Crippen molar-refractivity contribution in [2.45, 2.75) is 11.4 Å². The van der Waals surface area contributed by atoms with Gasteiger partial charge in [-0.2, -0.15) is 12.8 Å². The van der Waals surface area contributed by atoms with Gasteiger partial charge in [0.05, 0.1) is 16.1 Å². The Bertz CT molecular complexity index is 1350. The number of hydrogen-bond acceptors (Lipinski definition) is 7. The first kappa shape index (κ1) is 16.3. The van der Waals surface area contributed by atoms with E-state index in [0.717, 1.165) is 40.2 Å². The first-order valence-corrected chi connectivity index (χ1v) is 10.3. The highest BCUT2D eigenvalue weighted by Gasteiger charge is 2.16. The maximum atomic E-state index is 11.4. The summed E-state index contributed by atoms with van der Waals surface area (Å²) < 4.78 is 36.3. The van der Waals surface area contributed by atoms with Crippen LogP contribution in [0.5, 0.6) is 0 Å². The molecular formula is C18H12N4O3S2. The zero-order chi connectivity index (χ0) is 18.6. The molecule has 0 saturated heterocycles. The number of benzene rings is 3. The van der Waals surface area contributed by atoms with Crippen molar-refractivity contribution >= 4 is 59.7 Å². The third-order valence-electron chi connectivity index (χ3n) is 4.55. The van der Waals surface area contributed by atoms with Crippen molar-refractivity contribution in [3.63, 3.8) is 0 Å². The van der Waals surface area contributed by atoms with E-state index in [0.29, 0.717) is 15.9 Å². The topological polar surface area (TPSA) is 104 Å². The molecule has 4 aromatic rings. The maximum absolute atomic E-state index is 11.4. The monoisotopic (exact) mass is 396 g/mol. The summed E-state index contributed by atoms with van der Waals surface area (Å²) in [7, 11) is -4.29. The van der Waals surface area contributed by atoms with Gasteiger partial charge in [-0.05, 0) is 47.4 Å². The largest absolute Gasteiger partial charge is 0.380 e. The minimum atomic E-state index is -4.29. The first-order chi connectivity index (χ1) is 13.0. The Kier molecular flexibility index (Phi) is 3.51. The van der Waals surface area contributed by atoms with Gasteiger partial charge in [-0.3, -0.25) is 4.55 Å². The summed E-state index contributed by atoms with van der Waals surface area (Å²) in [5.74, 6) is 0. The molecule has 0 aliphatic carbocycles. The average Bonchev–Trinajstić information content (AvgIpc) is 3.25. The molecule has 7 nitrogen and oxygen atoms in total. The fourth-order valence-corrected chi connectivity index (χ4v) is 4.47. The Balaban J connectivity index is 1.62. The van der Waals surface area contributed by atoms with Gasteiger partial charge in [0.1, 0.15) is 0 Å². The van der Waals surface area contributed by atoms with E-state index in [9.17, 15) is 13.0 Å². The van der Waals surface area contributed by atoms with Crippen molar-refractivity contribution in [2.75, 3.05) is 5.32 Å². The summed E-state index contributed by atoms with van der Waals surface area (Å²) in [5.41, 5.74) is 3.64. The predicted octanol–water partition coefficient (Wildman–Crippen LogP) is 5.04. The molecule has 0 bridgehead atoms. The van der Waals surface area contributed by atoms with Crippen LogP contribution in [-0.2, 0) is 16.7 Å². The van der Waals surface area contributed by atoms with Crippen molar-refractivity contribution < 1.29 is 13.0 Å². The highest BCUT2D eigenvalue weighted by Crippen LogP contribution is 2.39. The summed E-state index contributed by atoms with van der Waals surface area (Å²) in [6, 6.07) is 14.2. The molecule has 1 aliphatic heterocycles. The SMILES string of the molecule is O=S(=O)(O)c1ccc2nsc(N=Nc3ccc4c5c(cccc35)CN4)c2c1. The smallest absolute Gasteiger partial charge is 0.294 e. The molecular weight excluding hydrogens is 384 g/mol. The van der Waals surface area contributed by atoms with Crippen LogP contribution in [0.4, 0.5) is 16.4 Å². The molecule has 0 fully saturated rings. The van der Waals surface area contributed by atoms with Crippen LogP contribution in [0, 0.1) is 0 Å². The molecule has 5 rings (SSSR count). The van der Waals surface area contributed by atoms with Crippen LogP contribution in [0.3, 0.4) is 0 Å². The van der Waals surface area contributed by atoms with Crippen LogP contribution in [0.2, 0.25) is 0 Å². The summed E-state index contributed by atoms with van der Waals surface area (Å²) >= 11 is 1.13. The Labute approximate surface area is 158 Å². The molecule has 1 aliphatic rings. The Morgan fingerprint density at radius 1 is 1.07 bits per heavy atom. The van der Waals surface area contributed by atoms with Crippen LogP contribution >= 0.6 is 11.5 Å². The molecule has 2 heterocycles. The molecule has 0 amide bonds. The predicted molar refractivity (Wildman–Crippen MR) is 105 cm³/mol. The van der Waals surface area contributed by atoms with E-state index in [2.05, 4.69) is 26.0 Å². The lowest BCUT2D eigenvalue weighted by atomic mass is 10.0. The van der Waals surface area contributed by atoms with Gasteiger partial charge in [0, 0.05) is 28.4 Å². The van der Waals surface area contributed by atoms with E-state index in [-0.39, 0.29) is 4.90 Å². The van der Waals surface area contributed by atoms with Gasteiger partial charge >= 0.3 is 0 Å². The molecule has 0 atom stereocenters.